The lowest BCUT2D eigenvalue weighted by Gasteiger charge is -2.06. The lowest BCUT2D eigenvalue weighted by atomic mass is 10.6. The zero-order valence-electron chi connectivity index (χ0n) is 6.95. The van der Waals surface area contributed by atoms with E-state index in [0.717, 1.165) is 13.1 Å². The summed E-state index contributed by atoms with van der Waals surface area (Å²) in [5.74, 6) is 0. The van der Waals surface area contributed by atoms with Gasteiger partial charge in [-0.3, -0.25) is 4.68 Å². The largest absolute Gasteiger partial charge is 0.366 e. The molecule has 0 amide bonds. The molecule has 4 nitrogen and oxygen atoms in total. The summed E-state index contributed by atoms with van der Waals surface area (Å²) in [5, 5.41) is 10.6. The van der Waals surface area contributed by atoms with Crippen molar-refractivity contribution in [3.05, 3.63) is 18.5 Å². The van der Waals surface area contributed by atoms with E-state index in [9.17, 15) is 0 Å². The standard InChI is InChI=1S/C7H12N4S/c1-8-7(12)9-4-6-11-5-2-3-10-11/h2-3,5H,4,6H2,1H3,(H2,8,9,12). The van der Waals surface area contributed by atoms with Crippen molar-refractivity contribution in [3.63, 3.8) is 0 Å². The van der Waals surface area contributed by atoms with Crippen molar-refractivity contribution in [3.8, 4) is 0 Å². The number of thiocarbonyl (C=S) groups is 1. The van der Waals surface area contributed by atoms with E-state index < -0.39 is 0 Å². The Labute approximate surface area is 77.0 Å². The minimum Gasteiger partial charge on any atom is -0.366 e. The normalized spacial score (nSPS) is 9.42. The first-order chi connectivity index (χ1) is 5.83. The highest BCUT2D eigenvalue weighted by molar-refractivity contribution is 7.80. The number of nitrogens with one attached hydrogen (secondary N) is 2. The summed E-state index contributed by atoms with van der Waals surface area (Å²) >= 11 is 4.90. The number of nitrogens with zero attached hydrogens (tertiary/aromatic N) is 2. The molecule has 0 aromatic carbocycles. The smallest absolute Gasteiger partial charge is 0.166 e. The molecular weight excluding hydrogens is 172 g/mol. The molecule has 0 aliphatic rings. The zero-order valence-corrected chi connectivity index (χ0v) is 7.77. The van der Waals surface area contributed by atoms with Crippen molar-refractivity contribution in [2.75, 3.05) is 13.6 Å². The number of rotatable bonds is 3. The summed E-state index contributed by atoms with van der Waals surface area (Å²) in [6.45, 7) is 1.62. The van der Waals surface area contributed by atoms with Gasteiger partial charge in [0.2, 0.25) is 0 Å². The van der Waals surface area contributed by atoms with Gasteiger partial charge >= 0.3 is 0 Å². The van der Waals surface area contributed by atoms with Crippen molar-refractivity contribution < 1.29 is 0 Å². The van der Waals surface area contributed by atoms with Gasteiger partial charge in [-0.15, -0.1) is 0 Å². The van der Waals surface area contributed by atoms with E-state index in [2.05, 4.69) is 15.7 Å². The highest BCUT2D eigenvalue weighted by atomic mass is 32.1. The third-order valence-corrected chi connectivity index (χ3v) is 1.76. The fourth-order valence-electron chi connectivity index (χ4n) is 0.805. The van der Waals surface area contributed by atoms with Gasteiger partial charge in [0.05, 0.1) is 6.54 Å². The molecule has 0 fully saturated rings. The highest BCUT2D eigenvalue weighted by Crippen LogP contribution is 1.81. The van der Waals surface area contributed by atoms with Crippen LogP contribution in [0.1, 0.15) is 0 Å². The molecule has 0 bridgehead atoms. The molecule has 2 N–H and O–H groups in total. The van der Waals surface area contributed by atoms with Crippen LogP contribution >= 0.6 is 12.2 Å². The molecule has 0 radical (unpaired) electrons. The van der Waals surface area contributed by atoms with Crippen LogP contribution in [-0.4, -0.2) is 28.5 Å². The van der Waals surface area contributed by atoms with Crippen LogP contribution in [0.25, 0.3) is 0 Å². The van der Waals surface area contributed by atoms with Crippen LogP contribution in [0.2, 0.25) is 0 Å². The van der Waals surface area contributed by atoms with Gasteiger partial charge in [-0.05, 0) is 18.3 Å². The van der Waals surface area contributed by atoms with Gasteiger partial charge in [0.15, 0.2) is 5.11 Å². The van der Waals surface area contributed by atoms with E-state index in [0.29, 0.717) is 5.11 Å². The average Bonchev–Trinajstić information content (AvgIpc) is 2.57. The SMILES string of the molecule is CNC(=S)NCCn1cccn1. The van der Waals surface area contributed by atoms with Gasteiger partial charge in [0.1, 0.15) is 0 Å². The molecule has 0 unspecified atom stereocenters. The van der Waals surface area contributed by atoms with Crippen LogP contribution in [0.15, 0.2) is 18.5 Å². The molecule has 0 aliphatic heterocycles. The Kier molecular flexibility index (Phi) is 3.53. The van der Waals surface area contributed by atoms with Crippen LogP contribution in [0.3, 0.4) is 0 Å². The summed E-state index contributed by atoms with van der Waals surface area (Å²) < 4.78 is 1.85. The second kappa shape index (κ2) is 4.71. The lowest BCUT2D eigenvalue weighted by Crippen LogP contribution is -2.34. The van der Waals surface area contributed by atoms with Crippen molar-refractivity contribution in [2.24, 2.45) is 0 Å². The average molecular weight is 184 g/mol. The monoisotopic (exact) mass is 184 g/mol. The van der Waals surface area contributed by atoms with E-state index in [-0.39, 0.29) is 0 Å². The summed E-state index contributed by atoms with van der Waals surface area (Å²) in [6.07, 6.45) is 3.68. The summed E-state index contributed by atoms with van der Waals surface area (Å²) in [7, 11) is 1.79. The van der Waals surface area contributed by atoms with Crippen molar-refractivity contribution >= 4 is 17.3 Å². The Morgan fingerprint density at radius 1 is 1.67 bits per heavy atom. The summed E-state index contributed by atoms with van der Waals surface area (Å²) in [4.78, 5) is 0. The van der Waals surface area contributed by atoms with Crippen LogP contribution in [0, 0.1) is 0 Å². The molecule has 0 aliphatic carbocycles. The molecule has 12 heavy (non-hydrogen) atoms. The van der Waals surface area contributed by atoms with Gasteiger partial charge in [-0.2, -0.15) is 5.10 Å². The van der Waals surface area contributed by atoms with Crippen molar-refractivity contribution in [1.82, 2.24) is 20.4 Å². The van der Waals surface area contributed by atoms with Gasteiger partial charge in [0.25, 0.3) is 0 Å². The highest BCUT2D eigenvalue weighted by Gasteiger charge is 1.91. The third kappa shape index (κ3) is 2.87. The van der Waals surface area contributed by atoms with E-state index in [4.69, 9.17) is 12.2 Å². The lowest BCUT2D eigenvalue weighted by molar-refractivity contribution is 0.602. The Morgan fingerprint density at radius 2 is 2.50 bits per heavy atom. The first-order valence-electron chi connectivity index (χ1n) is 3.76. The quantitative estimate of drug-likeness (QED) is 0.648. The second-order valence-electron chi connectivity index (χ2n) is 2.28. The predicted octanol–water partition coefficient (Wildman–Crippen LogP) is -0.0230. The molecular formula is C7H12N4S. The van der Waals surface area contributed by atoms with Crippen LogP contribution < -0.4 is 10.6 Å². The molecule has 0 atom stereocenters. The Morgan fingerprint density at radius 3 is 3.08 bits per heavy atom. The van der Waals surface area contributed by atoms with Crippen LogP contribution in [0.5, 0.6) is 0 Å². The fourth-order valence-corrected chi connectivity index (χ4v) is 0.907. The Bertz CT molecular complexity index is 232. The molecule has 5 heteroatoms. The maximum Gasteiger partial charge on any atom is 0.166 e. The molecule has 1 heterocycles. The number of hydrogen-bond donors (Lipinski definition) is 2. The van der Waals surface area contributed by atoms with E-state index in [1.807, 2.05) is 16.9 Å². The summed E-state index contributed by atoms with van der Waals surface area (Å²) in [6, 6.07) is 1.90. The maximum atomic E-state index is 4.90. The number of aromatic nitrogens is 2. The molecule has 1 aromatic rings. The van der Waals surface area contributed by atoms with Gasteiger partial charge < -0.3 is 10.6 Å². The van der Waals surface area contributed by atoms with Gasteiger partial charge in [0, 0.05) is 26.0 Å². The molecule has 0 saturated carbocycles. The summed E-state index contributed by atoms with van der Waals surface area (Å²) in [5.41, 5.74) is 0. The maximum absolute atomic E-state index is 4.90. The fraction of sp³-hybridized carbons (Fsp3) is 0.429. The van der Waals surface area contributed by atoms with Gasteiger partial charge in [-0.1, -0.05) is 0 Å². The first kappa shape index (κ1) is 8.99. The van der Waals surface area contributed by atoms with Gasteiger partial charge in [-0.25, -0.2) is 0 Å². The predicted molar refractivity (Wildman–Crippen MR) is 51.9 cm³/mol. The topological polar surface area (TPSA) is 41.9 Å². The minimum absolute atomic E-state index is 0.669. The third-order valence-electron chi connectivity index (χ3n) is 1.41. The second-order valence-corrected chi connectivity index (χ2v) is 2.68. The minimum atomic E-state index is 0.669. The van der Waals surface area contributed by atoms with E-state index in [1.165, 1.54) is 0 Å². The van der Waals surface area contributed by atoms with Crippen molar-refractivity contribution in [1.29, 1.82) is 0 Å². The molecule has 0 spiro atoms. The van der Waals surface area contributed by atoms with Crippen molar-refractivity contribution in [2.45, 2.75) is 6.54 Å². The van der Waals surface area contributed by atoms with E-state index in [1.54, 1.807) is 13.2 Å². The Balaban J connectivity index is 2.15. The van der Waals surface area contributed by atoms with E-state index >= 15 is 0 Å². The first-order valence-corrected chi connectivity index (χ1v) is 4.17. The molecule has 1 rings (SSSR count). The van der Waals surface area contributed by atoms with Crippen LogP contribution in [-0.2, 0) is 6.54 Å². The molecule has 0 saturated heterocycles. The number of hydrogen-bond acceptors (Lipinski definition) is 2. The zero-order chi connectivity index (χ0) is 8.81. The molecule has 1 aromatic heterocycles. The Hall–Kier alpha value is -1.10. The van der Waals surface area contributed by atoms with Crippen LogP contribution in [0.4, 0.5) is 0 Å². The molecule has 66 valence electrons.